The summed E-state index contributed by atoms with van der Waals surface area (Å²) in [6.45, 7) is 0.989. The minimum Gasteiger partial charge on any atom is -0.476 e. The number of aliphatic carboxylic acids is 1. The van der Waals surface area contributed by atoms with E-state index in [0.29, 0.717) is 0 Å². The fourth-order valence-electron chi connectivity index (χ4n) is 3.51. The van der Waals surface area contributed by atoms with Crippen LogP contribution >= 0.6 is 34.4 Å². The maximum atomic E-state index is 12.3. The molecule has 0 saturated carbocycles. The number of nitrogens with zero attached hydrogens (tertiary/aromatic N) is 3. The molecule has 0 saturated heterocycles. The Balaban J connectivity index is 0.000000258. The number of nitrogens with two attached hydrogens (primary N) is 1. The number of thioether (sulfide) groups is 1. The number of ether oxygens (including phenoxy) is 1. The minimum atomic E-state index is -1.35. The molecule has 0 radical (unpaired) electrons. The molecule has 42 heavy (non-hydrogen) atoms. The second-order valence-corrected chi connectivity index (χ2v) is 11.7. The summed E-state index contributed by atoms with van der Waals surface area (Å²) in [6.07, 6.45) is -0.630. The van der Waals surface area contributed by atoms with Crippen molar-refractivity contribution < 1.29 is 29.1 Å². The van der Waals surface area contributed by atoms with Gasteiger partial charge < -0.3 is 20.4 Å². The molecule has 0 bridgehead atoms. The number of hydrogen-bond donors (Lipinski definition) is 2. The monoisotopic (exact) mass is 620 g/mol. The van der Waals surface area contributed by atoms with Gasteiger partial charge in [-0.2, -0.15) is 0 Å². The number of nitrogen functional groups attached to an aromatic ring is 1. The Morgan fingerprint density at radius 1 is 0.952 bits per heavy atom. The van der Waals surface area contributed by atoms with E-state index in [1.165, 1.54) is 17.1 Å². The molecule has 0 fully saturated rings. The number of hydrogen-bond acceptors (Lipinski definition) is 12. The number of thiazole rings is 2. The molecule has 3 aromatic carbocycles. The molecule has 13 heteroatoms. The quantitative estimate of drug-likeness (QED) is 0.0894. The van der Waals surface area contributed by atoms with Crippen LogP contribution in [0, 0.1) is 0 Å². The molecule has 0 unspecified atom stereocenters. The number of carboxylic acid groups (broad SMARTS) is 1. The zero-order valence-corrected chi connectivity index (χ0v) is 24.5. The van der Waals surface area contributed by atoms with E-state index in [0.717, 1.165) is 37.0 Å². The van der Waals surface area contributed by atoms with Gasteiger partial charge in [-0.05, 0) is 35.0 Å². The van der Waals surface area contributed by atoms with Crippen LogP contribution in [0.1, 0.15) is 29.8 Å². The number of para-hydroxylation sites is 1. The molecular formula is C29H24N4O6S3. The Labute approximate surface area is 252 Å². The Morgan fingerprint density at radius 3 is 2.12 bits per heavy atom. The van der Waals surface area contributed by atoms with Crippen LogP contribution in [0.3, 0.4) is 0 Å². The average molecular weight is 621 g/mol. The van der Waals surface area contributed by atoms with Gasteiger partial charge in [-0.25, -0.2) is 19.6 Å². The molecule has 0 aliphatic heterocycles. The Morgan fingerprint density at radius 2 is 1.57 bits per heavy atom. The first-order valence-electron chi connectivity index (χ1n) is 12.3. The van der Waals surface area contributed by atoms with Gasteiger partial charge in [0, 0.05) is 12.3 Å². The van der Waals surface area contributed by atoms with Crippen molar-refractivity contribution in [3.8, 4) is 0 Å². The zero-order chi connectivity index (χ0) is 29.9. The van der Waals surface area contributed by atoms with Crippen LogP contribution in [0.4, 0.5) is 5.13 Å². The standard InChI is InChI=1S/C20H17N3O5S.C9H7NOS2/c21-20-22-15(12-29-20)17(19(25)26)23-27-11-16(24)28-18(13-7-3-1-4-8-13)14-9-5-2-6-10-14;1-6(11)12-9-10-7-4-2-3-5-8(7)13-9/h1-10,12,18H,11H2,(H2,21,22)(H,25,26);2-5H,1H3/b23-17-;. The lowest BCUT2D eigenvalue weighted by molar-refractivity contribution is -0.153. The summed E-state index contributed by atoms with van der Waals surface area (Å²) in [6, 6.07) is 26.4. The Hall–Kier alpha value is -4.59. The molecule has 0 amide bonds. The van der Waals surface area contributed by atoms with Gasteiger partial charge in [0.2, 0.25) is 12.3 Å². The number of rotatable bonds is 9. The van der Waals surface area contributed by atoms with Crippen molar-refractivity contribution in [2.75, 3.05) is 12.3 Å². The number of carbonyl (C=O) groups excluding carboxylic acids is 2. The van der Waals surface area contributed by atoms with Gasteiger partial charge in [-0.3, -0.25) is 4.79 Å². The van der Waals surface area contributed by atoms with Gasteiger partial charge in [0.05, 0.1) is 10.2 Å². The number of fused-ring (bicyclic) bond motifs is 1. The minimum absolute atomic E-state index is 0.0554. The number of aromatic nitrogens is 2. The lowest BCUT2D eigenvalue weighted by Gasteiger charge is -2.18. The molecule has 3 N–H and O–H groups in total. The molecular weight excluding hydrogens is 597 g/mol. The summed E-state index contributed by atoms with van der Waals surface area (Å²) in [5.74, 6) is -2.05. The largest absolute Gasteiger partial charge is 0.476 e. The zero-order valence-electron chi connectivity index (χ0n) is 22.1. The highest BCUT2D eigenvalue weighted by atomic mass is 32.2. The lowest BCUT2D eigenvalue weighted by Crippen LogP contribution is -2.19. The van der Waals surface area contributed by atoms with E-state index >= 15 is 0 Å². The van der Waals surface area contributed by atoms with Gasteiger partial charge in [0.15, 0.2) is 20.7 Å². The van der Waals surface area contributed by atoms with E-state index in [1.807, 2.05) is 84.9 Å². The highest BCUT2D eigenvalue weighted by Gasteiger charge is 2.21. The second kappa shape index (κ2) is 14.9. The van der Waals surface area contributed by atoms with Crippen molar-refractivity contribution in [2.45, 2.75) is 17.4 Å². The molecule has 2 aromatic heterocycles. The number of esters is 1. The predicted molar refractivity (Wildman–Crippen MR) is 164 cm³/mol. The van der Waals surface area contributed by atoms with E-state index < -0.39 is 30.4 Å². The fourth-order valence-corrected chi connectivity index (χ4v) is 5.93. The molecule has 0 spiro atoms. The number of anilines is 1. The van der Waals surface area contributed by atoms with E-state index in [1.54, 1.807) is 18.3 Å². The summed E-state index contributed by atoms with van der Waals surface area (Å²) in [5.41, 5.74) is 7.66. The molecule has 0 atom stereocenters. The summed E-state index contributed by atoms with van der Waals surface area (Å²) in [4.78, 5) is 47.5. The van der Waals surface area contributed by atoms with E-state index in [9.17, 15) is 19.5 Å². The highest BCUT2D eigenvalue weighted by molar-refractivity contribution is 8.14. The Bertz CT molecular complexity index is 1620. The summed E-state index contributed by atoms with van der Waals surface area (Å²) < 4.78 is 7.52. The van der Waals surface area contributed by atoms with Crippen molar-refractivity contribution in [2.24, 2.45) is 5.16 Å². The van der Waals surface area contributed by atoms with Gasteiger partial charge in [-0.1, -0.05) is 78.0 Å². The molecule has 5 rings (SSSR count). The SMILES string of the molecule is CC(=O)Sc1nc2ccccc2s1.Nc1nc(/C(=N/OCC(=O)OC(c2ccccc2)c2ccccc2)C(=O)O)cs1. The molecule has 5 aromatic rings. The molecule has 10 nitrogen and oxygen atoms in total. The van der Waals surface area contributed by atoms with Crippen molar-refractivity contribution >= 4 is 72.5 Å². The molecule has 2 heterocycles. The first-order valence-corrected chi connectivity index (χ1v) is 14.8. The maximum absolute atomic E-state index is 12.3. The van der Waals surface area contributed by atoms with Crippen LogP contribution < -0.4 is 5.73 Å². The third-order valence-electron chi connectivity index (χ3n) is 5.26. The van der Waals surface area contributed by atoms with Crippen molar-refractivity contribution in [3.05, 3.63) is 107 Å². The van der Waals surface area contributed by atoms with Crippen LogP contribution in [-0.4, -0.2) is 44.4 Å². The molecule has 0 aliphatic carbocycles. The summed E-state index contributed by atoms with van der Waals surface area (Å²) in [7, 11) is 0. The van der Waals surface area contributed by atoms with Crippen molar-refractivity contribution in [3.63, 3.8) is 0 Å². The fraction of sp³-hybridized carbons (Fsp3) is 0.103. The first kappa shape index (κ1) is 30.4. The summed E-state index contributed by atoms with van der Waals surface area (Å²) >= 11 is 3.82. The van der Waals surface area contributed by atoms with E-state index in [2.05, 4.69) is 15.1 Å². The third kappa shape index (κ3) is 8.70. The highest BCUT2D eigenvalue weighted by Crippen LogP contribution is 2.29. The predicted octanol–water partition coefficient (Wildman–Crippen LogP) is 5.80. The van der Waals surface area contributed by atoms with Crippen LogP contribution in [0.25, 0.3) is 10.2 Å². The lowest BCUT2D eigenvalue weighted by atomic mass is 10.0. The van der Waals surface area contributed by atoms with Crippen LogP contribution in [0.2, 0.25) is 0 Å². The van der Waals surface area contributed by atoms with Crippen molar-refractivity contribution in [1.82, 2.24) is 9.97 Å². The van der Waals surface area contributed by atoms with Gasteiger partial charge in [0.25, 0.3) is 0 Å². The third-order valence-corrected chi connectivity index (χ3v) is 7.82. The Kier molecular flexibility index (Phi) is 10.8. The van der Waals surface area contributed by atoms with Crippen molar-refractivity contribution in [1.29, 1.82) is 0 Å². The summed E-state index contributed by atoms with van der Waals surface area (Å²) in [5, 5.41) is 14.5. The van der Waals surface area contributed by atoms with Crippen LogP contribution in [0.15, 0.2) is 99.8 Å². The van der Waals surface area contributed by atoms with Crippen LogP contribution in [-0.2, 0) is 24.0 Å². The van der Waals surface area contributed by atoms with E-state index in [-0.39, 0.29) is 15.9 Å². The maximum Gasteiger partial charge on any atom is 0.360 e. The first-order chi connectivity index (χ1) is 20.3. The second-order valence-electron chi connectivity index (χ2n) is 8.32. The number of benzene rings is 3. The van der Waals surface area contributed by atoms with Gasteiger partial charge in [0.1, 0.15) is 5.69 Å². The number of carboxylic acids is 1. The van der Waals surface area contributed by atoms with Gasteiger partial charge >= 0.3 is 11.9 Å². The average Bonchev–Trinajstić information content (AvgIpc) is 3.60. The number of oxime groups is 1. The van der Waals surface area contributed by atoms with Crippen LogP contribution in [0.5, 0.6) is 0 Å². The normalized spacial score (nSPS) is 11.0. The smallest absolute Gasteiger partial charge is 0.360 e. The van der Waals surface area contributed by atoms with E-state index in [4.69, 9.17) is 15.3 Å². The molecule has 0 aliphatic rings. The topological polar surface area (TPSA) is 154 Å². The van der Waals surface area contributed by atoms with Gasteiger partial charge in [-0.15, -0.1) is 22.7 Å². The number of carbonyl (C=O) groups is 3. The molecule has 214 valence electrons.